The molecule has 52 valence electrons. The van der Waals surface area contributed by atoms with Gasteiger partial charge in [0.1, 0.15) is 0 Å². The Labute approximate surface area is 58.7 Å². The quantitative estimate of drug-likeness (QED) is 0.561. The van der Waals surface area contributed by atoms with Crippen LogP contribution >= 0.6 is 10.8 Å². The van der Waals surface area contributed by atoms with E-state index in [1.54, 1.807) is 0 Å². The fraction of sp³-hybridized carbons (Fsp3) is 0.750. The molecular weight excluding hydrogens is 160 g/mol. The summed E-state index contributed by atoms with van der Waals surface area (Å²) in [6, 6.07) is 0. The minimum Gasteiger partial charge on any atom is -0.481 e. The highest BCUT2D eigenvalue weighted by molar-refractivity contribution is 8.69. The molecule has 1 N–H and O–H groups in total. The van der Waals surface area contributed by atoms with E-state index in [0.717, 1.165) is 0 Å². The van der Waals surface area contributed by atoms with Crippen LogP contribution in [0.25, 0.3) is 0 Å². The van der Waals surface area contributed by atoms with Crippen LogP contribution in [-0.2, 0) is 14.6 Å². The minimum absolute atomic E-state index is 0.319. The topological polar surface area (TPSA) is 54.4 Å². The van der Waals surface area contributed by atoms with Gasteiger partial charge in [-0.05, 0) is 0 Å². The van der Waals surface area contributed by atoms with Crippen molar-refractivity contribution in [1.82, 2.24) is 0 Å². The molecule has 0 saturated carbocycles. The van der Waals surface area contributed by atoms with Gasteiger partial charge in [-0.1, -0.05) is 10.8 Å². The molecule has 0 aromatic rings. The molecule has 0 amide bonds. The van der Waals surface area contributed by atoms with Crippen LogP contribution in [0.1, 0.15) is 0 Å². The zero-order valence-corrected chi connectivity index (χ0v) is 6.20. The summed E-state index contributed by atoms with van der Waals surface area (Å²) in [5.74, 6) is -0.383. The summed E-state index contributed by atoms with van der Waals surface area (Å²) in [6.07, 6.45) is 0. The van der Waals surface area contributed by atoms with Crippen LogP contribution in [0.5, 0.6) is 0 Å². The first-order valence-corrected chi connectivity index (χ1v) is 5.26. The molecule has 0 bridgehead atoms. The first-order chi connectivity index (χ1) is 4.20. The smallest absolute Gasteiger partial charge is 0.308 e. The number of carboxylic acid groups (broad SMARTS) is 1. The van der Waals surface area contributed by atoms with Crippen molar-refractivity contribution < 1.29 is 14.1 Å². The van der Waals surface area contributed by atoms with Crippen LogP contribution in [-0.4, -0.2) is 26.8 Å². The van der Waals surface area contributed by atoms with Crippen molar-refractivity contribution in [3.05, 3.63) is 0 Å². The third-order valence-corrected chi connectivity index (χ3v) is 4.17. The maximum atomic E-state index is 10.6. The summed E-state index contributed by atoms with van der Waals surface area (Å²) in [6.45, 7) is 0. The molecule has 0 aliphatic carbocycles. The predicted molar refractivity (Wildman–Crippen MR) is 36.6 cm³/mol. The van der Waals surface area contributed by atoms with E-state index >= 15 is 0 Å². The summed E-state index contributed by atoms with van der Waals surface area (Å²) >= 11 is 0. The van der Waals surface area contributed by atoms with Gasteiger partial charge in [0.2, 0.25) is 0 Å². The van der Waals surface area contributed by atoms with E-state index in [4.69, 9.17) is 5.11 Å². The Morgan fingerprint density at radius 2 is 2.44 bits per heavy atom. The molecule has 5 heteroatoms. The highest BCUT2D eigenvalue weighted by atomic mass is 33.1. The molecule has 0 spiro atoms. The lowest BCUT2D eigenvalue weighted by atomic mass is 10.2. The molecule has 1 aliphatic heterocycles. The van der Waals surface area contributed by atoms with Gasteiger partial charge in [0.15, 0.2) is 0 Å². The van der Waals surface area contributed by atoms with Gasteiger partial charge in [0, 0.05) is 11.5 Å². The fourth-order valence-corrected chi connectivity index (χ4v) is 3.70. The number of carboxylic acids is 1. The Morgan fingerprint density at radius 3 is 2.67 bits per heavy atom. The van der Waals surface area contributed by atoms with Gasteiger partial charge in [-0.25, -0.2) is 4.21 Å². The first kappa shape index (κ1) is 7.08. The Morgan fingerprint density at radius 1 is 1.78 bits per heavy atom. The summed E-state index contributed by atoms with van der Waals surface area (Å²) in [4.78, 5) is 10.2. The lowest BCUT2D eigenvalue weighted by Gasteiger charge is -1.94. The number of rotatable bonds is 1. The molecule has 2 atom stereocenters. The number of aliphatic carboxylic acids is 1. The van der Waals surface area contributed by atoms with Gasteiger partial charge in [0.25, 0.3) is 0 Å². The third-order valence-electron chi connectivity index (χ3n) is 1.09. The molecule has 0 aromatic carbocycles. The zero-order valence-electron chi connectivity index (χ0n) is 4.57. The maximum Gasteiger partial charge on any atom is 0.308 e. The molecular formula is C4H6O3S2. The third kappa shape index (κ3) is 1.69. The van der Waals surface area contributed by atoms with Crippen molar-refractivity contribution in [3.8, 4) is 0 Å². The summed E-state index contributed by atoms with van der Waals surface area (Å²) < 4.78 is 10.6. The second kappa shape index (κ2) is 2.70. The lowest BCUT2D eigenvalue weighted by Crippen LogP contribution is -2.15. The Hall–Kier alpha value is -0.0300. The molecule has 0 unspecified atom stereocenters. The van der Waals surface area contributed by atoms with E-state index in [1.807, 2.05) is 0 Å². The van der Waals surface area contributed by atoms with Crippen LogP contribution in [0, 0.1) is 5.92 Å². The largest absolute Gasteiger partial charge is 0.481 e. The molecule has 1 heterocycles. The highest BCUT2D eigenvalue weighted by Crippen LogP contribution is 2.24. The molecule has 0 aromatic heterocycles. The standard InChI is InChI=1S/C4H6O3S2/c5-4(6)3-1-8-9(7)2-3/h3H,1-2H2,(H,5,6)/t3-,9-/m0/s1. The molecule has 1 fully saturated rings. The first-order valence-electron chi connectivity index (χ1n) is 2.44. The molecule has 1 rings (SSSR count). The number of hydrogen-bond acceptors (Lipinski definition) is 3. The number of hydrogen-bond donors (Lipinski definition) is 1. The molecule has 0 radical (unpaired) electrons. The van der Waals surface area contributed by atoms with Gasteiger partial charge >= 0.3 is 5.97 Å². The fourth-order valence-electron chi connectivity index (χ4n) is 0.561. The van der Waals surface area contributed by atoms with E-state index in [0.29, 0.717) is 11.5 Å². The van der Waals surface area contributed by atoms with Gasteiger partial charge in [-0.15, -0.1) is 0 Å². The average Bonchev–Trinajstić information content (AvgIpc) is 2.14. The summed E-state index contributed by atoms with van der Waals surface area (Å²) in [5.41, 5.74) is 0. The van der Waals surface area contributed by atoms with Gasteiger partial charge < -0.3 is 5.11 Å². The van der Waals surface area contributed by atoms with E-state index in [1.165, 1.54) is 10.8 Å². The van der Waals surface area contributed by atoms with E-state index < -0.39 is 15.8 Å². The van der Waals surface area contributed by atoms with Crippen molar-refractivity contribution in [2.45, 2.75) is 0 Å². The van der Waals surface area contributed by atoms with Crippen LogP contribution in [0.3, 0.4) is 0 Å². The molecule has 1 aliphatic rings. The minimum atomic E-state index is -0.938. The van der Waals surface area contributed by atoms with Gasteiger partial charge in [-0.3, -0.25) is 4.79 Å². The average molecular weight is 166 g/mol. The molecule has 1 saturated heterocycles. The number of carbonyl (C=O) groups is 1. The SMILES string of the molecule is O=C(O)[C@H]1CS[S@](=O)C1. The van der Waals surface area contributed by atoms with Gasteiger partial charge in [-0.2, -0.15) is 0 Å². The van der Waals surface area contributed by atoms with Crippen molar-refractivity contribution in [2.75, 3.05) is 11.5 Å². The van der Waals surface area contributed by atoms with Crippen LogP contribution in [0.4, 0.5) is 0 Å². The van der Waals surface area contributed by atoms with Crippen LogP contribution in [0.15, 0.2) is 0 Å². The van der Waals surface area contributed by atoms with Crippen molar-refractivity contribution in [1.29, 1.82) is 0 Å². The molecule has 9 heavy (non-hydrogen) atoms. The second-order valence-corrected chi connectivity index (χ2v) is 5.12. The Kier molecular flexibility index (Phi) is 2.13. The monoisotopic (exact) mass is 166 g/mol. The van der Waals surface area contributed by atoms with Crippen molar-refractivity contribution >= 4 is 26.6 Å². The zero-order chi connectivity index (χ0) is 6.85. The summed E-state index contributed by atoms with van der Waals surface area (Å²) in [7, 11) is 0.287. The van der Waals surface area contributed by atoms with Crippen LogP contribution in [0.2, 0.25) is 0 Å². The van der Waals surface area contributed by atoms with Crippen LogP contribution < -0.4 is 0 Å². The Bertz CT molecular complexity index is 156. The molecule has 3 nitrogen and oxygen atoms in total. The lowest BCUT2D eigenvalue weighted by molar-refractivity contribution is -0.140. The van der Waals surface area contributed by atoms with Crippen molar-refractivity contribution in [2.24, 2.45) is 5.92 Å². The van der Waals surface area contributed by atoms with Crippen molar-refractivity contribution in [3.63, 3.8) is 0 Å². The second-order valence-electron chi connectivity index (χ2n) is 1.79. The summed E-state index contributed by atoms with van der Waals surface area (Å²) in [5, 5.41) is 8.38. The van der Waals surface area contributed by atoms with E-state index in [9.17, 15) is 9.00 Å². The normalized spacial score (nSPS) is 34.7. The maximum absolute atomic E-state index is 10.6. The Balaban J connectivity index is 2.48. The van der Waals surface area contributed by atoms with E-state index in [2.05, 4.69) is 0 Å². The van der Waals surface area contributed by atoms with E-state index in [-0.39, 0.29) is 5.92 Å². The highest BCUT2D eigenvalue weighted by Gasteiger charge is 2.27. The predicted octanol–water partition coefficient (Wildman–Crippen LogP) is 0.0977. The van der Waals surface area contributed by atoms with Gasteiger partial charge in [0.05, 0.1) is 15.7 Å².